The maximum atomic E-state index is 8.92. The summed E-state index contributed by atoms with van der Waals surface area (Å²) in [5.74, 6) is 0. The second-order valence-electron chi connectivity index (χ2n) is 3.16. The van der Waals surface area contributed by atoms with Crippen LogP contribution in [-0.2, 0) is 0 Å². The molecule has 1 aromatic heterocycles. The van der Waals surface area contributed by atoms with Gasteiger partial charge in [-0.25, -0.2) is 0 Å². The van der Waals surface area contributed by atoms with Crippen LogP contribution in [0.1, 0.15) is 5.56 Å². The topological polar surface area (TPSA) is 62.7 Å². The summed E-state index contributed by atoms with van der Waals surface area (Å²) in [5.41, 5.74) is 8.74. The Bertz CT molecular complexity index is 509. The van der Waals surface area contributed by atoms with Crippen LogP contribution in [-0.4, -0.2) is 4.98 Å². The van der Waals surface area contributed by atoms with Crippen LogP contribution in [0.15, 0.2) is 42.7 Å². The number of anilines is 1. The van der Waals surface area contributed by atoms with Crippen molar-refractivity contribution in [2.45, 2.75) is 0 Å². The highest BCUT2D eigenvalue weighted by Gasteiger charge is 2.03. The second-order valence-corrected chi connectivity index (χ2v) is 3.16. The average molecular weight is 195 g/mol. The predicted molar refractivity (Wildman–Crippen MR) is 58.8 cm³/mol. The highest BCUT2D eigenvalue weighted by Crippen LogP contribution is 2.22. The molecule has 0 aliphatic carbocycles. The minimum Gasteiger partial charge on any atom is -0.399 e. The Morgan fingerprint density at radius 1 is 1.13 bits per heavy atom. The van der Waals surface area contributed by atoms with Gasteiger partial charge in [0.25, 0.3) is 0 Å². The van der Waals surface area contributed by atoms with Gasteiger partial charge in [0.05, 0.1) is 5.56 Å². The van der Waals surface area contributed by atoms with Crippen molar-refractivity contribution < 1.29 is 0 Å². The summed E-state index contributed by atoms with van der Waals surface area (Å²) in [6.07, 6.45) is 3.23. The minimum absolute atomic E-state index is 0.572. The third-order valence-electron chi connectivity index (χ3n) is 2.16. The van der Waals surface area contributed by atoms with Gasteiger partial charge in [0.2, 0.25) is 0 Å². The number of rotatable bonds is 1. The van der Waals surface area contributed by atoms with Crippen LogP contribution in [0.4, 0.5) is 5.69 Å². The quantitative estimate of drug-likeness (QED) is 0.709. The lowest BCUT2D eigenvalue weighted by Gasteiger charge is -2.03. The molecule has 0 bridgehead atoms. The lowest BCUT2D eigenvalue weighted by molar-refractivity contribution is 1.30. The van der Waals surface area contributed by atoms with Crippen LogP contribution in [0, 0.1) is 11.3 Å². The van der Waals surface area contributed by atoms with Gasteiger partial charge >= 0.3 is 0 Å². The van der Waals surface area contributed by atoms with Crippen LogP contribution in [0.3, 0.4) is 0 Å². The van der Waals surface area contributed by atoms with E-state index in [-0.39, 0.29) is 0 Å². The second kappa shape index (κ2) is 3.81. The summed E-state index contributed by atoms with van der Waals surface area (Å²) >= 11 is 0. The monoisotopic (exact) mass is 195 g/mol. The van der Waals surface area contributed by atoms with Crippen molar-refractivity contribution in [3.8, 4) is 17.2 Å². The largest absolute Gasteiger partial charge is 0.399 e. The van der Waals surface area contributed by atoms with E-state index >= 15 is 0 Å². The van der Waals surface area contributed by atoms with E-state index in [0.29, 0.717) is 11.3 Å². The highest BCUT2D eigenvalue weighted by molar-refractivity contribution is 5.70. The molecule has 1 heterocycles. The SMILES string of the molecule is N#Cc1cnccc1-c1ccc(N)cc1. The van der Waals surface area contributed by atoms with Gasteiger partial charge in [0, 0.05) is 23.6 Å². The van der Waals surface area contributed by atoms with Crippen molar-refractivity contribution in [2.75, 3.05) is 5.73 Å². The van der Waals surface area contributed by atoms with E-state index in [2.05, 4.69) is 11.1 Å². The summed E-state index contributed by atoms with van der Waals surface area (Å²) < 4.78 is 0. The number of nitriles is 1. The smallest absolute Gasteiger partial charge is 0.101 e. The molecule has 0 aliphatic heterocycles. The summed E-state index contributed by atoms with van der Waals surface area (Å²) in [7, 11) is 0. The first-order valence-electron chi connectivity index (χ1n) is 4.51. The number of hydrogen-bond donors (Lipinski definition) is 1. The molecule has 0 radical (unpaired) electrons. The highest BCUT2D eigenvalue weighted by atomic mass is 14.6. The molecule has 0 aliphatic rings. The lowest BCUT2D eigenvalue weighted by Crippen LogP contribution is -1.87. The Balaban J connectivity index is 2.55. The normalized spacial score (nSPS) is 9.53. The van der Waals surface area contributed by atoms with E-state index < -0.39 is 0 Å². The van der Waals surface area contributed by atoms with Gasteiger partial charge in [-0.15, -0.1) is 0 Å². The molecule has 15 heavy (non-hydrogen) atoms. The van der Waals surface area contributed by atoms with Gasteiger partial charge in [-0.2, -0.15) is 5.26 Å². The average Bonchev–Trinajstić information content (AvgIpc) is 2.30. The van der Waals surface area contributed by atoms with Crippen molar-refractivity contribution >= 4 is 5.69 Å². The molecular weight excluding hydrogens is 186 g/mol. The first kappa shape index (κ1) is 9.22. The molecule has 0 spiro atoms. The predicted octanol–water partition coefficient (Wildman–Crippen LogP) is 2.20. The van der Waals surface area contributed by atoms with Gasteiger partial charge in [0.15, 0.2) is 0 Å². The third-order valence-corrected chi connectivity index (χ3v) is 2.16. The van der Waals surface area contributed by atoms with Crippen LogP contribution >= 0.6 is 0 Å². The van der Waals surface area contributed by atoms with E-state index in [1.165, 1.54) is 0 Å². The number of benzene rings is 1. The van der Waals surface area contributed by atoms with E-state index in [0.717, 1.165) is 11.1 Å². The standard InChI is InChI=1S/C12H9N3/c13-7-10-8-15-6-5-12(10)9-1-3-11(14)4-2-9/h1-6,8H,14H2. The maximum Gasteiger partial charge on any atom is 0.101 e. The summed E-state index contributed by atoms with van der Waals surface area (Å²) in [4.78, 5) is 3.91. The third kappa shape index (κ3) is 1.79. The molecule has 72 valence electrons. The summed E-state index contributed by atoms with van der Waals surface area (Å²) in [6, 6.07) is 11.4. The molecule has 2 rings (SSSR count). The Labute approximate surface area is 87.8 Å². The number of nitrogens with zero attached hydrogens (tertiary/aromatic N) is 2. The Hall–Kier alpha value is -2.34. The first-order chi connectivity index (χ1) is 7.31. The van der Waals surface area contributed by atoms with Gasteiger partial charge in [0.1, 0.15) is 6.07 Å². The van der Waals surface area contributed by atoms with Gasteiger partial charge < -0.3 is 5.73 Å². The lowest BCUT2D eigenvalue weighted by atomic mass is 10.0. The van der Waals surface area contributed by atoms with Crippen LogP contribution < -0.4 is 5.73 Å². The van der Waals surface area contributed by atoms with Crippen molar-refractivity contribution in [3.63, 3.8) is 0 Å². The fraction of sp³-hybridized carbons (Fsp3) is 0. The Morgan fingerprint density at radius 2 is 1.87 bits per heavy atom. The number of nitrogens with two attached hydrogens (primary N) is 1. The van der Waals surface area contributed by atoms with Crippen molar-refractivity contribution in [1.29, 1.82) is 5.26 Å². The summed E-state index contributed by atoms with van der Waals surface area (Å²) in [5, 5.41) is 8.92. The Morgan fingerprint density at radius 3 is 2.53 bits per heavy atom. The van der Waals surface area contributed by atoms with Crippen LogP contribution in [0.2, 0.25) is 0 Å². The number of pyridine rings is 1. The first-order valence-corrected chi connectivity index (χ1v) is 4.51. The van der Waals surface area contributed by atoms with Crippen LogP contribution in [0.25, 0.3) is 11.1 Å². The molecule has 2 N–H and O–H groups in total. The van der Waals surface area contributed by atoms with E-state index in [1.54, 1.807) is 12.4 Å². The molecule has 0 fully saturated rings. The molecular formula is C12H9N3. The van der Waals surface area contributed by atoms with Crippen molar-refractivity contribution in [3.05, 3.63) is 48.3 Å². The summed E-state index contributed by atoms with van der Waals surface area (Å²) in [6.45, 7) is 0. The molecule has 0 atom stereocenters. The fourth-order valence-corrected chi connectivity index (χ4v) is 1.40. The number of aromatic nitrogens is 1. The zero-order valence-electron chi connectivity index (χ0n) is 8.01. The Kier molecular flexibility index (Phi) is 2.34. The number of hydrogen-bond acceptors (Lipinski definition) is 3. The van der Waals surface area contributed by atoms with Crippen LogP contribution in [0.5, 0.6) is 0 Å². The molecule has 3 nitrogen and oxygen atoms in total. The van der Waals surface area contributed by atoms with Gasteiger partial charge in [-0.05, 0) is 23.8 Å². The minimum atomic E-state index is 0.572. The van der Waals surface area contributed by atoms with Crippen molar-refractivity contribution in [1.82, 2.24) is 4.98 Å². The number of nitrogen functional groups attached to an aromatic ring is 1. The molecule has 0 amide bonds. The molecule has 0 saturated carbocycles. The zero-order valence-corrected chi connectivity index (χ0v) is 8.01. The molecule has 0 unspecified atom stereocenters. The fourth-order valence-electron chi connectivity index (χ4n) is 1.40. The van der Waals surface area contributed by atoms with E-state index in [9.17, 15) is 0 Å². The van der Waals surface area contributed by atoms with Gasteiger partial charge in [-0.1, -0.05) is 12.1 Å². The molecule has 1 aromatic carbocycles. The van der Waals surface area contributed by atoms with E-state index in [4.69, 9.17) is 11.0 Å². The van der Waals surface area contributed by atoms with Crippen molar-refractivity contribution in [2.24, 2.45) is 0 Å². The molecule has 0 saturated heterocycles. The molecule has 2 aromatic rings. The maximum absolute atomic E-state index is 8.92. The molecule has 3 heteroatoms. The van der Waals surface area contributed by atoms with Gasteiger partial charge in [-0.3, -0.25) is 4.98 Å². The zero-order chi connectivity index (χ0) is 10.7. The van der Waals surface area contributed by atoms with E-state index in [1.807, 2.05) is 30.3 Å².